The van der Waals surface area contributed by atoms with E-state index < -0.39 is 0 Å². The van der Waals surface area contributed by atoms with E-state index in [1.54, 1.807) is 25.2 Å². The zero-order valence-corrected chi connectivity index (χ0v) is 10.0. The van der Waals surface area contributed by atoms with Gasteiger partial charge in [0.25, 0.3) is 0 Å². The number of nitrogens with one attached hydrogen (secondary N) is 1. The third kappa shape index (κ3) is 2.53. The van der Waals surface area contributed by atoms with Crippen LogP contribution in [-0.2, 0) is 9.53 Å². The fourth-order valence-corrected chi connectivity index (χ4v) is 1.98. The van der Waals surface area contributed by atoms with Crippen LogP contribution in [0.1, 0.15) is 19.8 Å². The molecular weight excluding hydrogens is 226 g/mol. The summed E-state index contributed by atoms with van der Waals surface area (Å²) in [5.41, 5.74) is 1.20. The second-order valence-corrected chi connectivity index (χ2v) is 3.97. The highest BCUT2D eigenvalue weighted by Gasteiger charge is 2.39. The van der Waals surface area contributed by atoms with Crippen LogP contribution in [0.25, 0.3) is 0 Å². The molecule has 0 aromatic heterocycles. The molecule has 2 aliphatic rings. The van der Waals surface area contributed by atoms with Crippen molar-refractivity contribution in [2.75, 3.05) is 6.61 Å². The zero-order valence-electron chi connectivity index (χ0n) is 9.23. The fraction of sp³-hybridized carbons (Fsp3) is 0.500. The van der Waals surface area contributed by atoms with E-state index in [4.69, 9.17) is 10.1 Å². The lowest BCUT2D eigenvalue weighted by Crippen LogP contribution is -2.25. The van der Waals surface area contributed by atoms with Crippen molar-refractivity contribution >= 4 is 24.1 Å². The van der Waals surface area contributed by atoms with Gasteiger partial charge in [-0.2, -0.15) is 0 Å². The van der Waals surface area contributed by atoms with Crippen molar-refractivity contribution in [2.24, 2.45) is 11.8 Å². The predicted octanol–water partition coefficient (Wildman–Crippen LogP) is 2.51. The number of rotatable bonds is 3. The number of hydrogen-bond donors (Lipinski definition) is 1. The molecule has 0 aromatic rings. The summed E-state index contributed by atoms with van der Waals surface area (Å²) in [6.07, 6.45) is 7.56. The lowest BCUT2D eigenvalue weighted by molar-refractivity contribution is -0.139. The SMILES string of the molecule is CCOC(=O)C1=CC=CC(=N)C1C1CC1.Cl. The molecule has 1 saturated carbocycles. The molecule has 16 heavy (non-hydrogen) atoms. The van der Waals surface area contributed by atoms with E-state index in [1.165, 1.54) is 0 Å². The zero-order chi connectivity index (χ0) is 10.8. The van der Waals surface area contributed by atoms with E-state index >= 15 is 0 Å². The first-order chi connectivity index (χ1) is 7.24. The predicted molar refractivity (Wildman–Crippen MR) is 65.0 cm³/mol. The number of carbonyl (C=O) groups is 1. The maximum absolute atomic E-state index is 11.7. The Hall–Kier alpha value is -1.09. The number of hydrogen-bond acceptors (Lipinski definition) is 3. The van der Waals surface area contributed by atoms with Crippen molar-refractivity contribution in [1.29, 1.82) is 5.41 Å². The molecule has 1 unspecified atom stereocenters. The van der Waals surface area contributed by atoms with Crippen LogP contribution in [-0.4, -0.2) is 18.3 Å². The van der Waals surface area contributed by atoms with Crippen LogP contribution in [0.2, 0.25) is 0 Å². The highest BCUT2D eigenvalue weighted by molar-refractivity contribution is 6.05. The van der Waals surface area contributed by atoms with Gasteiger partial charge in [0, 0.05) is 17.2 Å². The summed E-state index contributed by atoms with van der Waals surface area (Å²) >= 11 is 0. The molecule has 88 valence electrons. The van der Waals surface area contributed by atoms with Gasteiger partial charge in [-0.1, -0.05) is 12.2 Å². The maximum Gasteiger partial charge on any atom is 0.334 e. The standard InChI is InChI=1S/C12H15NO2.ClH/c1-2-15-12(14)9-4-3-5-10(13)11(9)8-6-7-8;/h3-5,8,11,13H,2,6-7H2,1H3;1H. The number of allylic oxidation sites excluding steroid dienone is 3. The van der Waals surface area contributed by atoms with Gasteiger partial charge in [-0.05, 0) is 31.8 Å². The Morgan fingerprint density at radius 3 is 2.81 bits per heavy atom. The number of ether oxygens (including phenoxy) is 1. The summed E-state index contributed by atoms with van der Waals surface area (Å²) in [6.45, 7) is 2.19. The third-order valence-corrected chi connectivity index (χ3v) is 2.83. The molecule has 2 rings (SSSR count). The fourth-order valence-electron chi connectivity index (χ4n) is 1.98. The van der Waals surface area contributed by atoms with E-state index in [0.717, 1.165) is 12.8 Å². The minimum Gasteiger partial charge on any atom is -0.463 e. The van der Waals surface area contributed by atoms with Gasteiger partial charge in [-0.15, -0.1) is 12.4 Å². The van der Waals surface area contributed by atoms with Gasteiger partial charge in [0.2, 0.25) is 0 Å². The third-order valence-electron chi connectivity index (χ3n) is 2.83. The van der Waals surface area contributed by atoms with E-state index in [0.29, 0.717) is 23.8 Å². The summed E-state index contributed by atoms with van der Waals surface area (Å²) in [5.74, 6) is 0.204. The molecule has 1 atom stereocenters. The van der Waals surface area contributed by atoms with Gasteiger partial charge in [0.1, 0.15) is 0 Å². The van der Waals surface area contributed by atoms with Crippen molar-refractivity contribution in [2.45, 2.75) is 19.8 Å². The largest absolute Gasteiger partial charge is 0.463 e. The number of halogens is 1. The molecule has 0 heterocycles. The summed E-state index contributed by atoms with van der Waals surface area (Å²) in [5, 5.41) is 7.84. The average molecular weight is 242 g/mol. The quantitative estimate of drug-likeness (QED) is 0.772. The van der Waals surface area contributed by atoms with Gasteiger partial charge >= 0.3 is 5.97 Å². The summed E-state index contributed by atoms with van der Waals surface area (Å²) in [7, 11) is 0. The van der Waals surface area contributed by atoms with Crippen LogP contribution in [0.3, 0.4) is 0 Å². The van der Waals surface area contributed by atoms with Gasteiger partial charge in [0.15, 0.2) is 0 Å². The maximum atomic E-state index is 11.7. The van der Waals surface area contributed by atoms with Crippen LogP contribution in [0, 0.1) is 17.2 Å². The molecule has 4 heteroatoms. The van der Waals surface area contributed by atoms with Crippen molar-refractivity contribution in [1.82, 2.24) is 0 Å². The number of esters is 1. The Labute approximate surface area is 101 Å². The molecule has 0 spiro atoms. The van der Waals surface area contributed by atoms with E-state index in [-0.39, 0.29) is 24.3 Å². The van der Waals surface area contributed by atoms with Crippen LogP contribution < -0.4 is 0 Å². The Balaban J connectivity index is 0.00000128. The molecule has 1 N–H and O–H groups in total. The number of carbonyl (C=O) groups excluding carboxylic acids is 1. The lowest BCUT2D eigenvalue weighted by Gasteiger charge is -2.20. The van der Waals surface area contributed by atoms with Crippen molar-refractivity contribution < 1.29 is 9.53 Å². The Morgan fingerprint density at radius 2 is 2.25 bits per heavy atom. The van der Waals surface area contributed by atoms with Crippen LogP contribution in [0.15, 0.2) is 23.8 Å². The van der Waals surface area contributed by atoms with Crippen LogP contribution >= 0.6 is 12.4 Å². The van der Waals surface area contributed by atoms with Crippen LogP contribution in [0.5, 0.6) is 0 Å². The Bertz CT molecular complexity index is 356. The molecular formula is C12H16ClNO2. The van der Waals surface area contributed by atoms with Gasteiger partial charge in [-0.3, -0.25) is 0 Å². The van der Waals surface area contributed by atoms with Gasteiger partial charge in [-0.25, -0.2) is 4.79 Å². The van der Waals surface area contributed by atoms with Gasteiger partial charge < -0.3 is 10.1 Å². The van der Waals surface area contributed by atoms with Crippen LogP contribution in [0.4, 0.5) is 0 Å². The van der Waals surface area contributed by atoms with Gasteiger partial charge in [0.05, 0.1) is 6.61 Å². The molecule has 2 aliphatic carbocycles. The molecule has 0 radical (unpaired) electrons. The summed E-state index contributed by atoms with van der Waals surface area (Å²) < 4.78 is 5.00. The van der Waals surface area contributed by atoms with E-state index in [2.05, 4.69) is 0 Å². The summed E-state index contributed by atoms with van der Waals surface area (Å²) in [4.78, 5) is 11.7. The second kappa shape index (κ2) is 5.30. The average Bonchev–Trinajstić information content (AvgIpc) is 3.01. The lowest BCUT2D eigenvalue weighted by atomic mass is 9.86. The molecule has 0 aliphatic heterocycles. The minimum atomic E-state index is -0.261. The molecule has 0 amide bonds. The Morgan fingerprint density at radius 1 is 1.56 bits per heavy atom. The minimum absolute atomic E-state index is 0. The summed E-state index contributed by atoms with van der Waals surface area (Å²) in [6, 6.07) is 0. The first-order valence-electron chi connectivity index (χ1n) is 5.38. The first kappa shape index (κ1) is 13.0. The molecule has 1 fully saturated rings. The van der Waals surface area contributed by atoms with Crippen molar-refractivity contribution in [3.8, 4) is 0 Å². The molecule has 0 bridgehead atoms. The van der Waals surface area contributed by atoms with Crippen molar-refractivity contribution in [3.63, 3.8) is 0 Å². The first-order valence-corrected chi connectivity index (χ1v) is 5.38. The highest BCUT2D eigenvalue weighted by atomic mass is 35.5. The molecule has 0 aromatic carbocycles. The second-order valence-electron chi connectivity index (χ2n) is 3.97. The molecule has 0 saturated heterocycles. The highest BCUT2D eigenvalue weighted by Crippen LogP contribution is 2.42. The normalized spacial score (nSPS) is 23.4. The molecule has 3 nitrogen and oxygen atoms in total. The monoisotopic (exact) mass is 241 g/mol. The smallest absolute Gasteiger partial charge is 0.334 e. The van der Waals surface area contributed by atoms with E-state index in [1.807, 2.05) is 0 Å². The topological polar surface area (TPSA) is 50.2 Å². The van der Waals surface area contributed by atoms with Crippen molar-refractivity contribution in [3.05, 3.63) is 23.8 Å². The van der Waals surface area contributed by atoms with E-state index in [9.17, 15) is 4.79 Å². The Kier molecular flexibility index (Phi) is 4.30.